The number of benzene rings is 2. The van der Waals surface area contributed by atoms with E-state index in [1.807, 2.05) is 12.1 Å². The Hall–Kier alpha value is -3.61. The number of amides is 2. The lowest BCUT2D eigenvalue weighted by Crippen LogP contribution is -2.18. The van der Waals surface area contributed by atoms with Gasteiger partial charge in [-0.05, 0) is 48.2 Å². The summed E-state index contributed by atoms with van der Waals surface area (Å²) in [5.74, 6) is -1.08. The molecule has 0 saturated carbocycles. The number of nitrogens with zero attached hydrogens (tertiary/aromatic N) is 3. The summed E-state index contributed by atoms with van der Waals surface area (Å²) in [5, 5.41) is 6.35. The Morgan fingerprint density at radius 1 is 1.03 bits per heavy atom. The SMILES string of the molecule is O=NC(=O)C/C=C\c1cccc(C(=O)N/N=C\c2ccc(N3CCCC3)cc2)c1. The number of anilines is 1. The van der Waals surface area contributed by atoms with Crippen molar-refractivity contribution in [1.29, 1.82) is 0 Å². The van der Waals surface area contributed by atoms with Crippen LogP contribution in [0, 0.1) is 4.91 Å². The monoisotopic (exact) mass is 390 g/mol. The first-order valence-corrected chi connectivity index (χ1v) is 9.47. The van der Waals surface area contributed by atoms with Crippen molar-refractivity contribution in [3.8, 4) is 0 Å². The van der Waals surface area contributed by atoms with Gasteiger partial charge in [0.15, 0.2) is 0 Å². The number of hydrazone groups is 1. The molecule has 2 aromatic carbocycles. The molecular formula is C22H22N4O3. The zero-order valence-electron chi connectivity index (χ0n) is 16.0. The van der Waals surface area contributed by atoms with Crippen molar-refractivity contribution < 1.29 is 9.59 Å². The molecular weight excluding hydrogens is 368 g/mol. The Balaban J connectivity index is 1.55. The van der Waals surface area contributed by atoms with E-state index in [4.69, 9.17) is 0 Å². The van der Waals surface area contributed by atoms with Crippen LogP contribution in [-0.4, -0.2) is 31.1 Å². The van der Waals surface area contributed by atoms with Crippen LogP contribution in [0.3, 0.4) is 0 Å². The van der Waals surface area contributed by atoms with E-state index >= 15 is 0 Å². The second-order valence-corrected chi connectivity index (χ2v) is 6.70. The van der Waals surface area contributed by atoms with Gasteiger partial charge in [-0.3, -0.25) is 9.59 Å². The van der Waals surface area contributed by atoms with Gasteiger partial charge in [0.25, 0.3) is 11.8 Å². The summed E-state index contributed by atoms with van der Waals surface area (Å²) in [4.78, 5) is 35.6. The molecule has 3 rings (SSSR count). The lowest BCUT2D eigenvalue weighted by Gasteiger charge is -2.17. The smallest absolute Gasteiger partial charge is 0.290 e. The molecule has 29 heavy (non-hydrogen) atoms. The Morgan fingerprint density at radius 2 is 1.79 bits per heavy atom. The van der Waals surface area contributed by atoms with Crippen molar-refractivity contribution >= 4 is 29.8 Å². The Morgan fingerprint density at radius 3 is 2.52 bits per heavy atom. The number of carbonyl (C=O) groups is 2. The first-order valence-electron chi connectivity index (χ1n) is 9.47. The molecule has 1 heterocycles. The molecule has 0 radical (unpaired) electrons. The molecule has 0 atom stereocenters. The van der Waals surface area contributed by atoms with Crippen LogP contribution >= 0.6 is 0 Å². The Labute approximate surface area is 169 Å². The summed E-state index contributed by atoms with van der Waals surface area (Å²) in [6, 6.07) is 14.9. The van der Waals surface area contributed by atoms with E-state index in [9.17, 15) is 14.5 Å². The molecule has 2 aromatic rings. The molecule has 2 amide bonds. The van der Waals surface area contributed by atoms with Crippen LogP contribution < -0.4 is 10.3 Å². The van der Waals surface area contributed by atoms with Crippen molar-refractivity contribution in [3.05, 3.63) is 76.2 Å². The maximum atomic E-state index is 12.3. The predicted octanol–water partition coefficient (Wildman–Crippen LogP) is 3.75. The van der Waals surface area contributed by atoms with Crippen LogP contribution in [0.15, 0.2) is 64.9 Å². The van der Waals surface area contributed by atoms with Crippen molar-refractivity contribution in [3.63, 3.8) is 0 Å². The number of hydrogen-bond donors (Lipinski definition) is 1. The highest BCUT2D eigenvalue weighted by molar-refractivity contribution is 5.95. The molecule has 0 aromatic heterocycles. The predicted molar refractivity (Wildman–Crippen MR) is 114 cm³/mol. The summed E-state index contributed by atoms with van der Waals surface area (Å²) in [6.07, 6.45) is 7.20. The van der Waals surface area contributed by atoms with E-state index in [1.165, 1.54) is 24.6 Å². The minimum Gasteiger partial charge on any atom is -0.372 e. The van der Waals surface area contributed by atoms with Crippen LogP contribution in [0.1, 0.15) is 40.7 Å². The largest absolute Gasteiger partial charge is 0.372 e. The molecule has 1 N–H and O–H groups in total. The summed E-state index contributed by atoms with van der Waals surface area (Å²) in [6.45, 7) is 2.20. The lowest BCUT2D eigenvalue weighted by molar-refractivity contribution is -0.117. The maximum Gasteiger partial charge on any atom is 0.290 e. The van der Waals surface area contributed by atoms with Gasteiger partial charge in [-0.15, -0.1) is 4.91 Å². The van der Waals surface area contributed by atoms with Gasteiger partial charge in [0.1, 0.15) is 0 Å². The van der Waals surface area contributed by atoms with Gasteiger partial charge in [-0.2, -0.15) is 5.10 Å². The fourth-order valence-electron chi connectivity index (χ4n) is 3.09. The second-order valence-electron chi connectivity index (χ2n) is 6.70. The molecule has 0 aliphatic carbocycles. The quantitative estimate of drug-likeness (QED) is 0.443. The van der Waals surface area contributed by atoms with Gasteiger partial charge < -0.3 is 4.90 Å². The highest BCUT2D eigenvalue weighted by Crippen LogP contribution is 2.19. The summed E-state index contributed by atoms with van der Waals surface area (Å²) >= 11 is 0. The number of nitrogens with one attached hydrogen (secondary N) is 1. The Kier molecular flexibility index (Phi) is 7.00. The zero-order chi connectivity index (χ0) is 20.5. The van der Waals surface area contributed by atoms with Gasteiger partial charge in [-0.25, -0.2) is 5.43 Å². The van der Waals surface area contributed by atoms with Crippen LogP contribution in [-0.2, 0) is 4.79 Å². The first-order chi connectivity index (χ1) is 14.2. The van der Waals surface area contributed by atoms with E-state index in [2.05, 4.69) is 32.7 Å². The van der Waals surface area contributed by atoms with Gasteiger partial charge in [-0.1, -0.05) is 36.4 Å². The van der Waals surface area contributed by atoms with Crippen molar-refractivity contribution in [2.24, 2.45) is 10.3 Å². The van der Waals surface area contributed by atoms with Crippen molar-refractivity contribution in [2.45, 2.75) is 19.3 Å². The fourth-order valence-corrected chi connectivity index (χ4v) is 3.09. The summed E-state index contributed by atoms with van der Waals surface area (Å²) < 4.78 is 0. The molecule has 1 saturated heterocycles. The van der Waals surface area contributed by atoms with Crippen LogP contribution in [0.2, 0.25) is 0 Å². The average Bonchev–Trinajstić information content (AvgIpc) is 3.29. The van der Waals surface area contributed by atoms with Gasteiger partial charge in [0.2, 0.25) is 0 Å². The number of carbonyl (C=O) groups excluding carboxylic acids is 2. The van der Waals surface area contributed by atoms with Gasteiger partial charge in [0, 0.05) is 29.5 Å². The molecule has 1 aliphatic rings. The van der Waals surface area contributed by atoms with E-state index in [-0.39, 0.29) is 12.3 Å². The van der Waals surface area contributed by atoms with Gasteiger partial charge in [0.05, 0.1) is 12.6 Å². The third kappa shape index (κ3) is 5.93. The topological polar surface area (TPSA) is 91.2 Å². The number of rotatable bonds is 7. The number of hydrogen-bond acceptors (Lipinski definition) is 5. The van der Waals surface area contributed by atoms with Crippen LogP contribution in [0.25, 0.3) is 6.08 Å². The minimum atomic E-state index is -0.738. The van der Waals surface area contributed by atoms with Crippen molar-refractivity contribution in [2.75, 3.05) is 18.0 Å². The molecule has 1 aliphatic heterocycles. The second kappa shape index (κ2) is 10.1. The Bertz CT molecular complexity index is 929. The van der Waals surface area contributed by atoms with E-state index in [0.717, 1.165) is 24.2 Å². The van der Waals surface area contributed by atoms with E-state index in [0.29, 0.717) is 5.56 Å². The normalized spacial score (nSPS) is 13.9. The first kappa shape index (κ1) is 20.1. The highest BCUT2D eigenvalue weighted by atomic mass is 16.3. The highest BCUT2D eigenvalue weighted by Gasteiger charge is 2.11. The van der Waals surface area contributed by atoms with E-state index in [1.54, 1.807) is 36.6 Å². The third-order valence-corrected chi connectivity index (χ3v) is 4.60. The molecule has 7 nitrogen and oxygen atoms in total. The molecule has 148 valence electrons. The maximum absolute atomic E-state index is 12.3. The standard InChI is InChI=1S/C22H22N4O3/c27-21(25-29)8-4-6-17-5-3-7-19(15-17)22(28)24-23-16-18-9-11-20(12-10-18)26-13-1-2-14-26/h3-7,9-12,15-16H,1-2,8,13-14H2,(H,24,28)/b6-4-,23-16-. The molecule has 1 fully saturated rings. The number of nitroso groups, excluding NO2 is 1. The van der Waals surface area contributed by atoms with Crippen LogP contribution in [0.4, 0.5) is 5.69 Å². The van der Waals surface area contributed by atoms with E-state index < -0.39 is 5.91 Å². The average molecular weight is 390 g/mol. The summed E-state index contributed by atoms with van der Waals surface area (Å²) in [5.41, 5.74) is 5.79. The fraction of sp³-hybridized carbons (Fsp3) is 0.227. The molecule has 0 unspecified atom stereocenters. The molecule has 7 heteroatoms. The van der Waals surface area contributed by atoms with Crippen LogP contribution in [0.5, 0.6) is 0 Å². The van der Waals surface area contributed by atoms with Crippen molar-refractivity contribution in [1.82, 2.24) is 5.43 Å². The molecule has 0 spiro atoms. The third-order valence-electron chi connectivity index (χ3n) is 4.60. The minimum absolute atomic E-state index is 0.0687. The lowest BCUT2D eigenvalue weighted by atomic mass is 10.1. The zero-order valence-corrected chi connectivity index (χ0v) is 16.0. The van der Waals surface area contributed by atoms with Gasteiger partial charge >= 0.3 is 0 Å². The summed E-state index contributed by atoms with van der Waals surface area (Å²) in [7, 11) is 0. The molecule has 0 bridgehead atoms.